The fourth-order valence-electron chi connectivity index (χ4n) is 3.58. The predicted octanol–water partition coefficient (Wildman–Crippen LogP) is 0.429. The molecule has 1 aromatic rings. The molecule has 2 aliphatic rings. The molecule has 7 nitrogen and oxygen atoms in total. The van der Waals surface area contributed by atoms with E-state index in [2.05, 4.69) is 10.2 Å². The second-order valence-electron chi connectivity index (χ2n) is 7.33. The Balaban J connectivity index is 1.41. The van der Waals surface area contributed by atoms with Gasteiger partial charge >= 0.3 is 0 Å². The first-order valence-corrected chi connectivity index (χ1v) is 9.63. The van der Waals surface area contributed by atoms with Gasteiger partial charge in [0.25, 0.3) is 5.91 Å². The van der Waals surface area contributed by atoms with Crippen LogP contribution in [0.25, 0.3) is 0 Å². The zero-order valence-corrected chi connectivity index (χ0v) is 15.9. The van der Waals surface area contributed by atoms with Gasteiger partial charge in [0.05, 0.1) is 6.54 Å². The van der Waals surface area contributed by atoms with Crippen molar-refractivity contribution in [3.8, 4) is 0 Å². The molecule has 2 fully saturated rings. The molecule has 0 saturated carbocycles. The van der Waals surface area contributed by atoms with Crippen LogP contribution in [-0.2, 0) is 9.59 Å². The van der Waals surface area contributed by atoms with Gasteiger partial charge in [0.15, 0.2) is 0 Å². The number of likely N-dealkylation sites (tertiary alicyclic amines) is 1. The summed E-state index contributed by atoms with van der Waals surface area (Å²) < 4.78 is 0. The predicted molar refractivity (Wildman–Crippen MR) is 102 cm³/mol. The molecule has 2 saturated heterocycles. The molecule has 2 heterocycles. The van der Waals surface area contributed by atoms with Crippen molar-refractivity contribution in [2.24, 2.45) is 5.92 Å². The number of amides is 3. The SMILES string of the molecule is CN1CCN(C(=O)CNC(=O)C2CCN(C(=O)c3ccccc3)CC2)CC1. The van der Waals surface area contributed by atoms with E-state index in [1.807, 2.05) is 37.4 Å². The normalized spacial score (nSPS) is 19.0. The Morgan fingerprint density at radius 1 is 0.926 bits per heavy atom. The third-order valence-corrected chi connectivity index (χ3v) is 5.44. The molecule has 0 bridgehead atoms. The second-order valence-corrected chi connectivity index (χ2v) is 7.33. The van der Waals surface area contributed by atoms with Gasteiger partial charge in [-0.15, -0.1) is 0 Å². The lowest BCUT2D eigenvalue weighted by Gasteiger charge is -2.33. The van der Waals surface area contributed by atoms with Gasteiger partial charge in [0.2, 0.25) is 11.8 Å². The highest BCUT2D eigenvalue weighted by atomic mass is 16.2. The highest BCUT2D eigenvalue weighted by Gasteiger charge is 2.28. The largest absolute Gasteiger partial charge is 0.347 e. The molecule has 3 amide bonds. The Kier molecular flexibility index (Phi) is 6.45. The Labute approximate surface area is 160 Å². The summed E-state index contributed by atoms with van der Waals surface area (Å²) in [4.78, 5) is 42.9. The van der Waals surface area contributed by atoms with Crippen LogP contribution in [0.1, 0.15) is 23.2 Å². The average Bonchev–Trinajstić information content (AvgIpc) is 2.72. The van der Waals surface area contributed by atoms with E-state index < -0.39 is 0 Å². The number of nitrogens with zero attached hydrogens (tertiary/aromatic N) is 3. The lowest BCUT2D eigenvalue weighted by atomic mass is 9.95. The Morgan fingerprint density at radius 2 is 1.56 bits per heavy atom. The number of piperazine rings is 1. The summed E-state index contributed by atoms with van der Waals surface area (Å²) in [5.41, 5.74) is 0.679. The lowest BCUT2D eigenvalue weighted by Crippen LogP contribution is -2.51. The number of rotatable bonds is 4. The molecule has 0 radical (unpaired) electrons. The molecule has 2 aliphatic heterocycles. The smallest absolute Gasteiger partial charge is 0.253 e. The van der Waals surface area contributed by atoms with Crippen molar-refractivity contribution in [3.05, 3.63) is 35.9 Å². The van der Waals surface area contributed by atoms with Crippen LogP contribution in [0.5, 0.6) is 0 Å². The maximum atomic E-state index is 12.5. The number of benzene rings is 1. The van der Waals surface area contributed by atoms with Gasteiger partial charge in [-0.05, 0) is 32.0 Å². The summed E-state index contributed by atoms with van der Waals surface area (Å²) >= 11 is 0. The van der Waals surface area contributed by atoms with Crippen molar-refractivity contribution in [1.82, 2.24) is 20.0 Å². The van der Waals surface area contributed by atoms with Gasteiger partial charge in [-0.2, -0.15) is 0 Å². The monoisotopic (exact) mass is 372 g/mol. The van der Waals surface area contributed by atoms with Crippen LogP contribution < -0.4 is 5.32 Å². The number of carbonyl (C=O) groups is 3. The van der Waals surface area contributed by atoms with E-state index in [-0.39, 0.29) is 30.2 Å². The Bertz CT molecular complexity index is 663. The summed E-state index contributed by atoms with van der Waals surface area (Å²) in [7, 11) is 2.04. The lowest BCUT2D eigenvalue weighted by molar-refractivity contribution is -0.135. The van der Waals surface area contributed by atoms with E-state index >= 15 is 0 Å². The molecule has 0 unspecified atom stereocenters. The third kappa shape index (κ3) is 5.07. The summed E-state index contributed by atoms with van der Waals surface area (Å²) in [6.07, 6.45) is 1.26. The number of likely N-dealkylation sites (N-methyl/N-ethyl adjacent to an activating group) is 1. The Hall–Kier alpha value is -2.41. The number of piperidine rings is 1. The van der Waals surface area contributed by atoms with Crippen molar-refractivity contribution < 1.29 is 14.4 Å². The fraction of sp³-hybridized carbons (Fsp3) is 0.550. The van der Waals surface area contributed by atoms with Crippen LogP contribution in [0.15, 0.2) is 30.3 Å². The molecule has 0 aliphatic carbocycles. The molecule has 27 heavy (non-hydrogen) atoms. The first kappa shape index (κ1) is 19.4. The number of hydrogen-bond acceptors (Lipinski definition) is 4. The summed E-state index contributed by atoms with van der Waals surface area (Å²) in [5.74, 6) is -0.220. The fourth-order valence-corrected chi connectivity index (χ4v) is 3.58. The molecular formula is C20H28N4O3. The van der Waals surface area contributed by atoms with E-state index in [1.165, 1.54) is 0 Å². The van der Waals surface area contributed by atoms with E-state index in [4.69, 9.17) is 0 Å². The standard InChI is InChI=1S/C20H28N4O3/c1-22-11-13-23(14-12-22)18(25)15-21-19(26)16-7-9-24(10-8-16)20(27)17-5-3-2-4-6-17/h2-6,16H,7-15H2,1H3,(H,21,26). The minimum Gasteiger partial charge on any atom is -0.347 e. The van der Waals surface area contributed by atoms with E-state index in [0.29, 0.717) is 44.6 Å². The van der Waals surface area contributed by atoms with Gasteiger partial charge in [-0.3, -0.25) is 14.4 Å². The van der Waals surface area contributed by atoms with Gasteiger partial charge in [-0.1, -0.05) is 18.2 Å². The van der Waals surface area contributed by atoms with Crippen LogP contribution >= 0.6 is 0 Å². The van der Waals surface area contributed by atoms with Crippen LogP contribution in [0.3, 0.4) is 0 Å². The van der Waals surface area contributed by atoms with Gasteiger partial charge < -0.3 is 20.0 Å². The van der Waals surface area contributed by atoms with Crippen LogP contribution in [0, 0.1) is 5.92 Å². The maximum Gasteiger partial charge on any atom is 0.253 e. The first-order valence-electron chi connectivity index (χ1n) is 9.63. The summed E-state index contributed by atoms with van der Waals surface area (Å²) in [6, 6.07) is 9.21. The second kappa shape index (κ2) is 8.99. The zero-order chi connectivity index (χ0) is 19.2. The molecule has 146 valence electrons. The summed E-state index contributed by atoms with van der Waals surface area (Å²) in [5, 5.41) is 2.79. The highest BCUT2D eigenvalue weighted by molar-refractivity contribution is 5.94. The Morgan fingerprint density at radius 3 is 2.19 bits per heavy atom. The van der Waals surface area contributed by atoms with Crippen LogP contribution in [-0.4, -0.2) is 85.3 Å². The molecule has 7 heteroatoms. The number of carbonyl (C=O) groups excluding carboxylic acids is 3. The molecule has 0 aromatic heterocycles. The zero-order valence-electron chi connectivity index (χ0n) is 15.9. The highest BCUT2D eigenvalue weighted by Crippen LogP contribution is 2.19. The molecule has 0 atom stereocenters. The maximum absolute atomic E-state index is 12.5. The van der Waals surface area contributed by atoms with Crippen molar-refractivity contribution in [3.63, 3.8) is 0 Å². The van der Waals surface area contributed by atoms with Crippen molar-refractivity contribution in [2.75, 3.05) is 52.9 Å². The topological polar surface area (TPSA) is 73.0 Å². The van der Waals surface area contributed by atoms with E-state index in [1.54, 1.807) is 9.80 Å². The third-order valence-electron chi connectivity index (χ3n) is 5.44. The van der Waals surface area contributed by atoms with Gasteiger partial charge in [0, 0.05) is 50.7 Å². The molecule has 3 rings (SSSR count). The van der Waals surface area contributed by atoms with Crippen molar-refractivity contribution >= 4 is 17.7 Å². The van der Waals surface area contributed by atoms with Crippen LogP contribution in [0.4, 0.5) is 0 Å². The minimum absolute atomic E-state index is 0.0136. The number of nitrogens with one attached hydrogen (secondary N) is 1. The van der Waals surface area contributed by atoms with E-state index in [9.17, 15) is 14.4 Å². The molecule has 1 aromatic carbocycles. The minimum atomic E-state index is -0.134. The summed E-state index contributed by atoms with van der Waals surface area (Å²) in [6.45, 7) is 4.36. The van der Waals surface area contributed by atoms with E-state index in [0.717, 1.165) is 13.1 Å². The van der Waals surface area contributed by atoms with Crippen molar-refractivity contribution in [1.29, 1.82) is 0 Å². The van der Waals surface area contributed by atoms with Gasteiger partial charge in [0.1, 0.15) is 0 Å². The first-order chi connectivity index (χ1) is 13.0. The average molecular weight is 372 g/mol. The molecular weight excluding hydrogens is 344 g/mol. The van der Waals surface area contributed by atoms with Crippen molar-refractivity contribution in [2.45, 2.75) is 12.8 Å². The molecule has 1 N–H and O–H groups in total. The van der Waals surface area contributed by atoms with Gasteiger partial charge in [-0.25, -0.2) is 0 Å². The van der Waals surface area contributed by atoms with Crippen LogP contribution in [0.2, 0.25) is 0 Å². The quantitative estimate of drug-likeness (QED) is 0.832. The molecule has 0 spiro atoms. The number of hydrogen-bond donors (Lipinski definition) is 1.